The predicted octanol–water partition coefficient (Wildman–Crippen LogP) is 3.16. The Kier molecular flexibility index (Phi) is 6.36. The van der Waals surface area contributed by atoms with Crippen LogP contribution >= 0.6 is 0 Å². The van der Waals surface area contributed by atoms with Crippen LogP contribution in [0, 0.1) is 13.8 Å². The summed E-state index contributed by atoms with van der Waals surface area (Å²) in [5, 5.41) is 2.95. The molecule has 3 rings (SSSR count). The van der Waals surface area contributed by atoms with Crippen molar-refractivity contribution >= 4 is 17.8 Å². The molecule has 0 radical (unpaired) electrons. The second-order valence-electron chi connectivity index (χ2n) is 7.13. The number of aryl methyl sites for hydroxylation is 2. The number of fused-ring (bicyclic) bond motifs is 1. The van der Waals surface area contributed by atoms with Crippen LogP contribution in [-0.4, -0.2) is 36.0 Å². The van der Waals surface area contributed by atoms with Crippen molar-refractivity contribution in [3.8, 4) is 0 Å². The molecule has 0 spiro atoms. The highest BCUT2D eigenvalue weighted by Gasteiger charge is 2.25. The van der Waals surface area contributed by atoms with Crippen LogP contribution in [-0.2, 0) is 20.7 Å². The number of rotatable bonds is 6. The Hall–Kier alpha value is -3.09. The number of H-pyrrole nitrogens is 1. The Morgan fingerprint density at radius 1 is 1.14 bits per heavy atom. The summed E-state index contributed by atoms with van der Waals surface area (Å²) >= 11 is 0. The molecule has 1 aliphatic rings. The third-order valence-corrected chi connectivity index (χ3v) is 5.16. The van der Waals surface area contributed by atoms with Crippen LogP contribution < -0.4 is 5.32 Å². The molecular formula is C22H26N2O5. The van der Waals surface area contributed by atoms with Crippen LogP contribution in [0.3, 0.4) is 0 Å². The summed E-state index contributed by atoms with van der Waals surface area (Å²) in [5.74, 6) is -1.53. The first-order chi connectivity index (χ1) is 13.9. The van der Waals surface area contributed by atoms with Crippen molar-refractivity contribution in [2.24, 2.45) is 0 Å². The number of esters is 2. The number of ether oxygens (including phenoxy) is 2. The quantitative estimate of drug-likeness (QED) is 0.729. The van der Waals surface area contributed by atoms with Gasteiger partial charge in [-0.3, -0.25) is 4.79 Å². The van der Waals surface area contributed by atoms with Gasteiger partial charge in [-0.15, -0.1) is 0 Å². The van der Waals surface area contributed by atoms with Crippen molar-refractivity contribution in [1.29, 1.82) is 0 Å². The highest BCUT2D eigenvalue weighted by atomic mass is 16.5. The third-order valence-electron chi connectivity index (χ3n) is 5.16. The standard InChI is InChI=1S/C22H26N2O5/c1-4-28-21(26)19-13(2)20(23-14(19)3)22(27)29-12-18(25)24-17-11-7-9-15-8-5-6-10-16(15)17/h5-6,8,10,17,23H,4,7,9,11-12H2,1-3H3,(H,24,25)/t17-/m0/s1. The first-order valence-electron chi connectivity index (χ1n) is 9.83. The van der Waals surface area contributed by atoms with E-state index in [9.17, 15) is 14.4 Å². The van der Waals surface area contributed by atoms with Gasteiger partial charge in [0.1, 0.15) is 5.69 Å². The molecule has 7 heteroatoms. The minimum Gasteiger partial charge on any atom is -0.462 e. The fourth-order valence-corrected chi connectivity index (χ4v) is 3.81. The molecule has 2 N–H and O–H groups in total. The highest BCUT2D eigenvalue weighted by Crippen LogP contribution is 2.29. The van der Waals surface area contributed by atoms with Crippen LogP contribution in [0.1, 0.15) is 69.0 Å². The van der Waals surface area contributed by atoms with Crippen molar-refractivity contribution < 1.29 is 23.9 Å². The fourth-order valence-electron chi connectivity index (χ4n) is 3.81. The van der Waals surface area contributed by atoms with Gasteiger partial charge in [0.25, 0.3) is 5.91 Å². The van der Waals surface area contributed by atoms with E-state index in [2.05, 4.69) is 16.4 Å². The molecule has 1 aromatic heterocycles. The van der Waals surface area contributed by atoms with Crippen LogP contribution in [0.15, 0.2) is 24.3 Å². The summed E-state index contributed by atoms with van der Waals surface area (Å²) in [7, 11) is 0. The maximum atomic E-state index is 12.4. The Morgan fingerprint density at radius 3 is 2.66 bits per heavy atom. The largest absolute Gasteiger partial charge is 0.462 e. The molecule has 0 saturated heterocycles. The number of amides is 1. The summed E-state index contributed by atoms with van der Waals surface area (Å²) in [6.45, 7) is 4.90. The molecule has 1 aromatic carbocycles. The number of carbonyl (C=O) groups excluding carboxylic acids is 3. The zero-order valence-corrected chi connectivity index (χ0v) is 17.0. The number of aromatic amines is 1. The van der Waals surface area contributed by atoms with E-state index >= 15 is 0 Å². The number of hydrogen-bond acceptors (Lipinski definition) is 5. The zero-order valence-electron chi connectivity index (χ0n) is 17.0. The van der Waals surface area contributed by atoms with E-state index in [-0.39, 0.29) is 30.9 Å². The monoisotopic (exact) mass is 398 g/mol. The van der Waals surface area contributed by atoms with E-state index in [1.54, 1.807) is 20.8 Å². The number of hydrogen-bond donors (Lipinski definition) is 2. The maximum Gasteiger partial charge on any atom is 0.355 e. The van der Waals surface area contributed by atoms with Gasteiger partial charge in [-0.25, -0.2) is 9.59 Å². The average Bonchev–Trinajstić information content (AvgIpc) is 3.01. The average molecular weight is 398 g/mol. The lowest BCUT2D eigenvalue weighted by Gasteiger charge is -2.26. The highest BCUT2D eigenvalue weighted by molar-refractivity contribution is 5.99. The van der Waals surface area contributed by atoms with Gasteiger partial charge in [0.05, 0.1) is 18.2 Å². The lowest BCUT2D eigenvalue weighted by molar-refractivity contribution is -0.125. The lowest BCUT2D eigenvalue weighted by Crippen LogP contribution is -2.34. The van der Waals surface area contributed by atoms with Crippen LogP contribution in [0.25, 0.3) is 0 Å². The van der Waals surface area contributed by atoms with E-state index in [0.29, 0.717) is 16.8 Å². The molecule has 0 aliphatic heterocycles. The number of carbonyl (C=O) groups is 3. The molecule has 2 aromatic rings. The van der Waals surface area contributed by atoms with E-state index in [1.807, 2.05) is 18.2 Å². The molecule has 7 nitrogen and oxygen atoms in total. The second-order valence-corrected chi connectivity index (χ2v) is 7.13. The summed E-state index contributed by atoms with van der Waals surface area (Å²) in [6.07, 6.45) is 2.86. The predicted molar refractivity (Wildman–Crippen MR) is 107 cm³/mol. The van der Waals surface area contributed by atoms with Crippen molar-refractivity contribution in [3.63, 3.8) is 0 Å². The molecule has 1 heterocycles. The first-order valence-corrected chi connectivity index (χ1v) is 9.83. The Labute approximate surface area is 169 Å². The van der Waals surface area contributed by atoms with E-state index in [4.69, 9.17) is 9.47 Å². The summed E-state index contributed by atoms with van der Waals surface area (Å²) in [6, 6.07) is 7.98. The van der Waals surface area contributed by atoms with Gasteiger partial charge in [-0.1, -0.05) is 24.3 Å². The number of benzene rings is 1. The molecular weight excluding hydrogens is 372 g/mol. The Balaban J connectivity index is 1.61. The molecule has 1 atom stereocenters. The van der Waals surface area contributed by atoms with Crippen molar-refractivity contribution in [2.75, 3.05) is 13.2 Å². The summed E-state index contributed by atoms with van der Waals surface area (Å²) in [4.78, 5) is 39.7. The lowest BCUT2D eigenvalue weighted by atomic mass is 9.88. The van der Waals surface area contributed by atoms with Crippen molar-refractivity contribution in [1.82, 2.24) is 10.3 Å². The minimum atomic E-state index is -0.680. The Morgan fingerprint density at radius 2 is 1.90 bits per heavy atom. The fraction of sp³-hybridized carbons (Fsp3) is 0.409. The molecule has 1 amide bonds. The molecule has 154 valence electrons. The van der Waals surface area contributed by atoms with Crippen molar-refractivity contribution in [2.45, 2.75) is 46.1 Å². The molecule has 0 saturated carbocycles. The molecule has 1 aliphatic carbocycles. The smallest absolute Gasteiger partial charge is 0.355 e. The van der Waals surface area contributed by atoms with Gasteiger partial charge in [0.15, 0.2) is 6.61 Å². The van der Waals surface area contributed by atoms with Gasteiger partial charge in [-0.05, 0) is 56.7 Å². The summed E-state index contributed by atoms with van der Waals surface area (Å²) < 4.78 is 10.2. The van der Waals surface area contributed by atoms with E-state index < -0.39 is 11.9 Å². The minimum absolute atomic E-state index is 0.0731. The summed E-state index contributed by atoms with van der Waals surface area (Å²) in [5.41, 5.74) is 3.81. The molecule has 29 heavy (non-hydrogen) atoms. The SMILES string of the molecule is CCOC(=O)c1c(C)[nH]c(C(=O)OCC(=O)N[C@H]2CCCc3ccccc32)c1C. The first kappa shape index (κ1) is 20.6. The normalized spacial score (nSPS) is 15.3. The van der Waals surface area contributed by atoms with Crippen LogP contribution in [0.5, 0.6) is 0 Å². The topological polar surface area (TPSA) is 97.5 Å². The zero-order chi connectivity index (χ0) is 21.0. The van der Waals surface area contributed by atoms with Crippen molar-refractivity contribution in [3.05, 3.63) is 57.9 Å². The van der Waals surface area contributed by atoms with Gasteiger partial charge in [-0.2, -0.15) is 0 Å². The number of nitrogens with one attached hydrogen (secondary N) is 2. The van der Waals surface area contributed by atoms with Crippen LogP contribution in [0.2, 0.25) is 0 Å². The van der Waals surface area contributed by atoms with Gasteiger partial charge in [0, 0.05) is 5.69 Å². The molecule has 0 fully saturated rings. The third kappa shape index (κ3) is 4.50. The van der Waals surface area contributed by atoms with E-state index in [1.165, 1.54) is 5.56 Å². The van der Waals surface area contributed by atoms with E-state index in [0.717, 1.165) is 24.8 Å². The second kappa shape index (κ2) is 8.94. The van der Waals surface area contributed by atoms with Gasteiger partial charge < -0.3 is 19.8 Å². The number of aromatic nitrogens is 1. The molecule has 0 bridgehead atoms. The van der Waals surface area contributed by atoms with Gasteiger partial charge >= 0.3 is 11.9 Å². The molecule has 0 unspecified atom stereocenters. The van der Waals surface area contributed by atoms with Crippen LogP contribution in [0.4, 0.5) is 0 Å². The Bertz CT molecular complexity index is 931. The maximum absolute atomic E-state index is 12.4. The van der Waals surface area contributed by atoms with Gasteiger partial charge in [0.2, 0.25) is 0 Å².